The lowest BCUT2D eigenvalue weighted by atomic mass is 9.94. The van der Waals surface area contributed by atoms with Crippen molar-refractivity contribution in [3.05, 3.63) is 47.7 Å². The SMILES string of the molecule is CCc1c(F)ccc2cc(O)cc(-c3ncc4c(N5CCC6(CCO6)C5)nc(C)nc4c3O)c12. The summed E-state index contributed by atoms with van der Waals surface area (Å²) in [6, 6.07) is 6.13. The summed E-state index contributed by atoms with van der Waals surface area (Å²) in [6.45, 7) is 6.02. The Morgan fingerprint density at radius 3 is 2.71 bits per heavy atom. The zero-order valence-corrected chi connectivity index (χ0v) is 19.1. The fraction of sp³-hybridized carbons (Fsp3) is 0.346. The van der Waals surface area contributed by atoms with E-state index in [9.17, 15) is 14.6 Å². The van der Waals surface area contributed by atoms with Crippen LogP contribution in [-0.2, 0) is 11.2 Å². The molecule has 7 nitrogen and oxygen atoms in total. The number of rotatable bonds is 3. The summed E-state index contributed by atoms with van der Waals surface area (Å²) in [5, 5.41) is 23.7. The quantitative estimate of drug-likeness (QED) is 0.460. The molecule has 0 aliphatic carbocycles. The summed E-state index contributed by atoms with van der Waals surface area (Å²) in [6.07, 6.45) is 4.10. The van der Waals surface area contributed by atoms with Gasteiger partial charge < -0.3 is 19.8 Å². The van der Waals surface area contributed by atoms with Crippen molar-refractivity contribution in [2.24, 2.45) is 0 Å². The van der Waals surface area contributed by atoms with Crippen LogP contribution in [0, 0.1) is 12.7 Å². The van der Waals surface area contributed by atoms with Gasteiger partial charge in [0.25, 0.3) is 0 Å². The third kappa shape index (κ3) is 3.09. The molecule has 174 valence electrons. The van der Waals surface area contributed by atoms with Gasteiger partial charge in [0.1, 0.15) is 34.4 Å². The number of halogens is 1. The molecule has 2 aromatic heterocycles. The lowest BCUT2D eigenvalue weighted by Gasteiger charge is -2.38. The molecule has 2 saturated heterocycles. The monoisotopic (exact) mass is 460 g/mol. The topological polar surface area (TPSA) is 91.6 Å². The average Bonchev–Trinajstić information content (AvgIpc) is 3.25. The van der Waals surface area contributed by atoms with Gasteiger partial charge in [0.15, 0.2) is 5.75 Å². The number of aromatic nitrogens is 3. The number of ether oxygens (including phenoxy) is 1. The Balaban J connectivity index is 1.56. The van der Waals surface area contributed by atoms with E-state index in [4.69, 9.17) is 4.74 Å². The molecule has 2 fully saturated rings. The number of benzene rings is 2. The maximum absolute atomic E-state index is 14.7. The molecule has 2 aliphatic rings. The van der Waals surface area contributed by atoms with E-state index in [2.05, 4.69) is 19.9 Å². The number of hydrogen-bond acceptors (Lipinski definition) is 7. The summed E-state index contributed by atoms with van der Waals surface area (Å²) in [5.41, 5.74) is 1.51. The van der Waals surface area contributed by atoms with Crippen molar-refractivity contribution < 1.29 is 19.3 Å². The third-order valence-electron chi connectivity index (χ3n) is 7.15. The molecule has 0 bridgehead atoms. The second-order valence-electron chi connectivity index (χ2n) is 9.24. The molecule has 2 aliphatic heterocycles. The highest BCUT2D eigenvalue weighted by Crippen LogP contribution is 2.43. The lowest BCUT2D eigenvalue weighted by molar-refractivity contribution is -0.130. The maximum Gasteiger partial charge on any atom is 0.168 e. The van der Waals surface area contributed by atoms with Crippen LogP contribution in [0.2, 0.25) is 0 Å². The Bertz CT molecular complexity index is 1470. The minimum Gasteiger partial charge on any atom is -0.508 e. The van der Waals surface area contributed by atoms with Crippen LogP contribution in [0.15, 0.2) is 30.5 Å². The lowest BCUT2D eigenvalue weighted by Crippen LogP contribution is -2.46. The minimum atomic E-state index is -0.330. The van der Waals surface area contributed by atoms with Gasteiger partial charge in [0, 0.05) is 31.3 Å². The van der Waals surface area contributed by atoms with Crippen molar-refractivity contribution in [2.45, 2.75) is 38.7 Å². The summed E-state index contributed by atoms with van der Waals surface area (Å²) < 4.78 is 20.5. The number of anilines is 1. The standard InChI is InChI=1S/C26H25FN4O3/c1-3-17-20(27)5-4-15-10-16(32)11-18(21(15)17)22-24(33)23-19(12-28-22)25(30-14(2)29-23)31-8-6-26(13-31)7-9-34-26/h4-5,10-12,32-33H,3,6-9,13H2,1-2H3. The third-order valence-corrected chi connectivity index (χ3v) is 7.15. The Morgan fingerprint density at radius 2 is 2.00 bits per heavy atom. The number of fused-ring (bicyclic) bond motifs is 2. The van der Waals surface area contributed by atoms with E-state index in [-0.39, 0.29) is 28.6 Å². The van der Waals surface area contributed by atoms with Gasteiger partial charge in [-0.1, -0.05) is 13.0 Å². The molecule has 0 radical (unpaired) electrons. The van der Waals surface area contributed by atoms with Crippen molar-refractivity contribution in [1.29, 1.82) is 0 Å². The van der Waals surface area contributed by atoms with Gasteiger partial charge in [0.2, 0.25) is 0 Å². The van der Waals surface area contributed by atoms with E-state index in [1.54, 1.807) is 25.3 Å². The largest absolute Gasteiger partial charge is 0.508 e. The smallest absolute Gasteiger partial charge is 0.168 e. The van der Waals surface area contributed by atoms with Crippen LogP contribution in [0.3, 0.4) is 0 Å². The molecular formula is C26H25FN4O3. The highest BCUT2D eigenvalue weighted by Gasteiger charge is 2.45. The predicted molar refractivity (Wildman–Crippen MR) is 128 cm³/mol. The maximum atomic E-state index is 14.7. The van der Waals surface area contributed by atoms with Crippen LogP contribution in [0.5, 0.6) is 11.5 Å². The first-order valence-corrected chi connectivity index (χ1v) is 11.6. The van der Waals surface area contributed by atoms with Crippen LogP contribution in [-0.4, -0.2) is 50.5 Å². The summed E-state index contributed by atoms with van der Waals surface area (Å²) in [4.78, 5) is 16.0. The van der Waals surface area contributed by atoms with Gasteiger partial charge in [-0.05, 0) is 54.3 Å². The number of nitrogens with zero attached hydrogens (tertiary/aromatic N) is 4. The van der Waals surface area contributed by atoms with E-state index in [1.165, 1.54) is 12.1 Å². The molecular weight excluding hydrogens is 435 g/mol. The fourth-order valence-electron chi connectivity index (χ4n) is 5.38. The van der Waals surface area contributed by atoms with Gasteiger partial charge in [-0.15, -0.1) is 0 Å². The Labute approximate surface area is 195 Å². The first kappa shape index (κ1) is 21.0. The number of phenolic OH excluding ortho intramolecular Hbond substituents is 1. The summed E-state index contributed by atoms with van der Waals surface area (Å²) in [5.74, 6) is 0.830. The van der Waals surface area contributed by atoms with E-state index in [0.29, 0.717) is 45.0 Å². The summed E-state index contributed by atoms with van der Waals surface area (Å²) in [7, 11) is 0. The molecule has 1 spiro atoms. The average molecular weight is 461 g/mol. The molecule has 6 rings (SSSR count). The molecule has 0 saturated carbocycles. The van der Waals surface area contributed by atoms with E-state index in [1.807, 2.05) is 6.92 Å². The van der Waals surface area contributed by atoms with Crippen LogP contribution in [0.1, 0.15) is 31.2 Å². The molecule has 4 heterocycles. The minimum absolute atomic E-state index is 0.0138. The Morgan fingerprint density at radius 1 is 1.18 bits per heavy atom. The van der Waals surface area contributed by atoms with E-state index in [0.717, 1.165) is 38.4 Å². The second-order valence-corrected chi connectivity index (χ2v) is 9.24. The van der Waals surface area contributed by atoms with E-state index < -0.39 is 0 Å². The molecule has 2 N–H and O–H groups in total. The molecule has 1 unspecified atom stereocenters. The van der Waals surface area contributed by atoms with E-state index >= 15 is 0 Å². The van der Waals surface area contributed by atoms with Crippen LogP contribution >= 0.6 is 0 Å². The van der Waals surface area contributed by atoms with Crippen molar-refractivity contribution in [2.75, 3.05) is 24.6 Å². The zero-order valence-electron chi connectivity index (χ0n) is 19.1. The first-order valence-electron chi connectivity index (χ1n) is 11.6. The van der Waals surface area contributed by atoms with Crippen LogP contribution in [0.4, 0.5) is 10.2 Å². The number of aryl methyl sites for hydroxylation is 2. The van der Waals surface area contributed by atoms with Crippen molar-refractivity contribution in [3.63, 3.8) is 0 Å². The number of aromatic hydroxyl groups is 2. The zero-order chi connectivity index (χ0) is 23.6. The van der Waals surface area contributed by atoms with Crippen LogP contribution in [0.25, 0.3) is 32.9 Å². The molecule has 0 amide bonds. The van der Waals surface area contributed by atoms with Gasteiger partial charge in [-0.25, -0.2) is 14.4 Å². The molecule has 1 atom stereocenters. The van der Waals surface area contributed by atoms with Crippen molar-refractivity contribution in [3.8, 4) is 22.8 Å². The summed E-state index contributed by atoms with van der Waals surface area (Å²) >= 11 is 0. The van der Waals surface area contributed by atoms with Crippen molar-refractivity contribution >= 4 is 27.5 Å². The highest BCUT2D eigenvalue weighted by atomic mass is 19.1. The molecule has 34 heavy (non-hydrogen) atoms. The van der Waals surface area contributed by atoms with Gasteiger partial charge in [-0.2, -0.15) is 0 Å². The second kappa shape index (κ2) is 7.50. The molecule has 4 aromatic rings. The Kier molecular flexibility index (Phi) is 4.64. The van der Waals surface area contributed by atoms with Crippen molar-refractivity contribution in [1.82, 2.24) is 15.0 Å². The number of phenols is 1. The molecule has 8 heteroatoms. The Hall–Kier alpha value is -3.52. The van der Waals surface area contributed by atoms with Gasteiger partial charge in [-0.3, -0.25) is 4.98 Å². The normalized spacial score (nSPS) is 19.9. The van der Waals surface area contributed by atoms with Gasteiger partial charge >= 0.3 is 0 Å². The van der Waals surface area contributed by atoms with Gasteiger partial charge in [0.05, 0.1) is 17.6 Å². The predicted octanol–water partition coefficient (Wildman–Crippen LogP) is 4.64. The first-order chi connectivity index (χ1) is 16.4. The van der Waals surface area contributed by atoms with Crippen LogP contribution < -0.4 is 4.90 Å². The highest BCUT2D eigenvalue weighted by molar-refractivity contribution is 6.04. The number of hydrogen-bond donors (Lipinski definition) is 2. The molecule has 2 aromatic carbocycles. The fourth-order valence-corrected chi connectivity index (χ4v) is 5.38. The number of pyridine rings is 1.